The molecule has 0 aromatic carbocycles. The standard InChI is InChI=1S/C14H17F2N5O3/c1-14(2-3-22-7-14)8-23-12-6-17-5-10(19-12)18-9-4-11(21-20-9)24-13(15)16/h4-6,13H,2-3,7-8H2,1H3,(H2,18,19,20,21)/t14-/m0/s1. The number of ether oxygens (including phenoxy) is 3. The fourth-order valence-electron chi connectivity index (χ4n) is 2.20. The van der Waals surface area contributed by atoms with Crippen LogP contribution >= 0.6 is 0 Å². The van der Waals surface area contributed by atoms with E-state index in [1.54, 1.807) is 0 Å². The van der Waals surface area contributed by atoms with Gasteiger partial charge in [-0.25, -0.2) is 5.10 Å². The predicted octanol–water partition coefficient (Wildman–Crippen LogP) is 2.35. The first-order chi connectivity index (χ1) is 11.5. The van der Waals surface area contributed by atoms with Crippen LogP contribution in [0, 0.1) is 5.41 Å². The van der Waals surface area contributed by atoms with Crippen LogP contribution in [0.15, 0.2) is 18.5 Å². The summed E-state index contributed by atoms with van der Waals surface area (Å²) in [7, 11) is 0. The zero-order valence-electron chi connectivity index (χ0n) is 13.0. The highest BCUT2D eigenvalue weighted by atomic mass is 19.3. The molecule has 2 aromatic rings. The molecule has 0 saturated carbocycles. The molecule has 2 N–H and O–H groups in total. The zero-order chi connectivity index (χ0) is 17.0. The van der Waals surface area contributed by atoms with E-state index in [4.69, 9.17) is 9.47 Å². The summed E-state index contributed by atoms with van der Waals surface area (Å²) in [6.45, 7) is 1.02. The van der Waals surface area contributed by atoms with E-state index in [0.29, 0.717) is 24.9 Å². The Hall–Kier alpha value is -2.49. The molecule has 10 heteroatoms. The molecule has 1 atom stereocenters. The number of H-pyrrole nitrogens is 1. The Balaban J connectivity index is 1.59. The number of alkyl halides is 2. The van der Waals surface area contributed by atoms with E-state index in [1.807, 2.05) is 0 Å². The summed E-state index contributed by atoms with van der Waals surface area (Å²) in [6, 6.07) is 1.29. The molecule has 0 bridgehead atoms. The Morgan fingerprint density at radius 2 is 2.29 bits per heavy atom. The summed E-state index contributed by atoms with van der Waals surface area (Å²) in [6.07, 6.45) is 3.90. The van der Waals surface area contributed by atoms with Crippen LogP contribution in [0.1, 0.15) is 13.3 Å². The summed E-state index contributed by atoms with van der Waals surface area (Å²) >= 11 is 0. The van der Waals surface area contributed by atoms with Crippen LogP contribution in [-0.4, -0.2) is 46.6 Å². The van der Waals surface area contributed by atoms with Crippen LogP contribution in [0.3, 0.4) is 0 Å². The van der Waals surface area contributed by atoms with E-state index in [1.165, 1.54) is 18.5 Å². The van der Waals surface area contributed by atoms with E-state index in [-0.39, 0.29) is 17.1 Å². The lowest BCUT2D eigenvalue weighted by atomic mass is 9.91. The average molecular weight is 341 g/mol. The zero-order valence-corrected chi connectivity index (χ0v) is 13.0. The lowest BCUT2D eigenvalue weighted by molar-refractivity contribution is -0.0528. The Morgan fingerprint density at radius 3 is 3.04 bits per heavy atom. The molecule has 1 saturated heterocycles. The van der Waals surface area contributed by atoms with Crippen molar-refractivity contribution in [2.24, 2.45) is 5.41 Å². The van der Waals surface area contributed by atoms with Crippen molar-refractivity contribution < 1.29 is 23.0 Å². The third kappa shape index (κ3) is 4.28. The smallest absolute Gasteiger partial charge is 0.388 e. The van der Waals surface area contributed by atoms with Gasteiger partial charge in [0.15, 0.2) is 11.6 Å². The van der Waals surface area contributed by atoms with Crippen LogP contribution in [0.25, 0.3) is 0 Å². The summed E-state index contributed by atoms with van der Waals surface area (Å²) in [5.41, 5.74) is -0.0329. The monoisotopic (exact) mass is 341 g/mol. The van der Waals surface area contributed by atoms with Crippen molar-refractivity contribution in [2.45, 2.75) is 20.0 Å². The number of nitrogens with zero attached hydrogens (tertiary/aromatic N) is 3. The van der Waals surface area contributed by atoms with Crippen LogP contribution in [0.4, 0.5) is 20.4 Å². The van der Waals surface area contributed by atoms with Crippen molar-refractivity contribution in [1.82, 2.24) is 20.2 Å². The van der Waals surface area contributed by atoms with Crippen molar-refractivity contribution in [3.8, 4) is 11.8 Å². The second-order valence-corrected chi connectivity index (χ2v) is 5.77. The molecular weight excluding hydrogens is 324 g/mol. The summed E-state index contributed by atoms with van der Waals surface area (Å²) < 4.78 is 39.5. The number of hydrogen-bond donors (Lipinski definition) is 2. The molecule has 3 heterocycles. The Bertz CT molecular complexity index is 676. The fraction of sp³-hybridized carbons (Fsp3) is 0.500. The van der Waals surface area contributed by atoms with Crippen molar-refractivity contribution in [3.63, 3.8) is 0 Å². The van der Waals surface area contributed by atoms with Gasteiger partial charge < -0.3 is 19.5 Å². The quantitative estimate of drug-likeness (QED) is 0.798. The van der Waals surface area contributed by atoms with Gasteiger partial charge in [0.2, 0.25) is 11.8 Å². The molecule has 0 spiro atoms. The minimum Gasteiger partial charge on any atom is -0.476 e. The van der Waals surface area contributed by atoms with E-state index < -0.39 is 6.61 Å². The minimum absolute atomic E-state index is 0.0329. The van der Waals surface area contributed by atoms with Crippen LogP contribution < -0.4 is 14.8 Å². The minimum atomic E-state index is -2.92. The van der Waals surface area contributed by atoms with Crippen LogP contribution in [-0.2, 0) is 4.74 Å². The van der Waals surface area contributed by atoms with Crippen molar-refractivity contribution in [2.75, 3.05) is 25.1 Å². The molecule has 1 aliphatic heterocycles. The Labute approximate surface area is 136 Å². The first-order valence-electron chi connectivity index (χ1n) is 7.32. The van der Waals surface area contributed by atoms with Gasteiger partial charge in [-0.2, -0.15) is 18.9 Å². The number of rotatable bonds is 7. The van der Waals surface area contributed by atoms with E-state index in [2.05, 4.69) is 37.1 Å². The number of nitrogens with one attached hydrogen (secondary N) is 2. The van der Waals surface area contributed by atoms with Gasteiger partial charge in [0.25, 0.3) is 0 Å². The third-order valence-corrected chi connectivity index (χ3v) is 3.51. The maximum absolute atomic E-state index is 12.1. The maximum Gasteiger partial charge on any atom is 0.388 e. The number of aromatic amines is 1. The highest BCUT2D eigenvalue weighted by Gasteiger charge is 2.30. The summed E-state index contributed by atoms with van der Waals surface area (Å²) in [4.78, 5) is 8.28. The van der Waals surface area contributed by atoms with Crippen molar-refractivity contribution >= 4 is 11.6 Å². The molecule has 0 aliphatic carbocycles. The molecule has 1 aliphatic rings. The van der Waals surface area contributed by atoms with Gasteiger partial charge in [-0.05, 0) is 6.42 Å². The molecule has 24 heavy (non-hydrogen) atoms. The topological polar surface area (TPSA) is 94.2 Å². The normalized spacial score (nSPS) is 20.3. The van der Waals surface area contributed by atoms with Gasteiger partial charge in [0.05, 0.1) is 25.6 Å². The molecular formula is C14H17F2N5O3. The molecule has 0 amide bonds. The molecule has 1 fully saturated rings. The Kier molecular flexibility index (Phi) is 4.74. The largest absolute Gasteiger partial charge is 0.476 e. The van der Waals surface area contributed by atoms with Crippen molar-refractivity contribution in [3.05, 3.63) is 18.5 Å². The van der Waals surface area contributed by atoms with E-state index >= 15 is 0 Å². The average Bonchev–Trinajstić information content (AvgIpc) is 3.15. The number of aromatic nitrogens is 4. The lowest BCUT2D eigenvalue weighted by Gasteiger charge is -2.21. The van der Waals surface area contributed by atoms with Crippen LogP contribution in [0.2, 0.25) is 0 Å². The molecule has 0 unspecified atom stereocenters. The fourth-order valence-corrected chi connectivity index (χ4v) is 2.20. The van der Waals surface area contributed by atoms with Gasteiger partial charge >= 0.3 is 6.61 Å². The lowest BCUT2D eigenvalue weighted by Crippen LogP contribution is -2.25. The Morgan fingerprint density at radius 1 is 1.42 bits per heavy atom. The predicted molar refractivity (Wildman–Crippen MR) is 79.6 cm³/mol. The highest BCUT2D eigenvalue weighted by molar-refractivity contribution is 5.51. The molecule has 8 nitrogen and oxygen atoms in total. The molecule has 130 valence electrons. The van der Waals surface area contributed by atoms with Gasteiger partial charge in [-0.1, -0.05) is 6.92 Å². The number of halogens is 2. The molecule has 0 radical (unpaired) electrons. The van der Waals surface area contributed by atoms with Gasteiger partial charge in [-0.15, -0.1) is 0 Å². The maximum atomic E-state index is 12.1. The van der Waals surface area contributed by atoms with Gasteiger partial charge in [0.1, 0.15) is 0 Å². The second kappa shape index (κ2) is 6.95. The summed E-state index contributed by atoms with van der Waals surface area (Å²) in [5.74, 6) is 0.846. The van der Waals surface area contributed by atoms with Gasteiger partial charge in [-0.3, -0.25) is 4.98 Å². The number of anilines is 2. The van der Waals surface area contributed by atoms with E-state index in [9.17, 15) is 8.78 Å². The first-order valence-corrected chi connectivity index (χ1v) is 7.32. The molecule has 2 aromatic heterocycles. The third-order valence-electron chi connectivity index (χ3n) is 3.51. The van der Waals surface area contributed by atoms with Crippen LogP contribution in [0.5, 0.6) is 11.8 Å². The first kappa shape index (κ1) is 16.4. The van der Waals surface area contributed by atoms with Crippen molar-refractivity contribution in [1.29, 1.82) is 0 Å². The second-order valence-electron chi connectivity index (χ2n) is 5.77. The molecule has 3 rings (SSSR count). The number of hydrogen-bond acceptors (Lipinski definition) is 7. The summed E-state index contributed by atoms with van der Waals surface area (Å²) in [5, 5.41) is 8.96. The van der Waals surface area contributed by atoms with Gasteiger partial charge in [0, 0.05) is 18.1 Å². The highest BCUT2D eigenvalue weighted by Crippen LogP contribution is 2.28. The SMILES string of the molecule is C[C@]1(COc2cncc(Nc3cc(OC(F)F)[nH]n3)n2)CCOC1. The van der Waals surface area contributed by atoms with E-state index in [0.717, 1.165) is 13.0 Å².